The molecule has 0 amide bonds. The Hall–Kier alpha value is -2.51. The van der Waals surface area contributed by atoms with Gasteiger partial charge in [-0.05, 0) is 30.3 Å². The van der Waals surface area contributed by atoms with Crippen LogP contribution in [-0.2, 0) is 13.1 Å². The zero-order valence-electron chi connectivity index (χ0n) is 12.5. The zero-order valence-corrected chi connectivity index (χ0v) is 14.1. The second-order valence-corrected chi connectivity index (χ2v) is 6.27. The molecule has 6 nitrogen and oxygen atoms in total. The Bertz CT molecular complexity index is 1070. The molecule has 3 heterocycles. The lowest BCUT2D eigenvalue weighted by Gasteiger charge is -2.03. The third kappa shape index (κ3) is 2.83. The Kier molecular flexibility index (Phi) is 3.87. The van der Waals surface area contributed by atoms with Crippen LogP contribution in [0.15, 0.2) is 56.3 Å². The van der Waals surface area contributed by atoms with Crippen LogP contribution >= 0.6 is 15.9 Å². The molecule has 0 saturated carbocycles. The number of fused-ring (bicyclic) bond motifs is 3. The molecule has 3 aromatic heterocycles. The summed E-state index contributed by atoms with van der Waals surface area (Å²) in [7, 11) is 0. The summed E-state index contributed by atoms with van der Waals surface area (Å²) in [6.07, 6.45) is 1.75. The number of H-pyrrole nitrogens is 1. The van der Waals surface area contributed by atoms with Gasteiger partial charge in [0.2, 0.25) is 5.58 Å². The van der Waals surface area contributed by atoms with Gasteiger partial charge in [0.15, 0.2) is 0 Å². The van der Waals surface area contributed by atoms with Crippen molar-refractivity contribution in [2.24, 2.45) is 0 Å². The molecule has 120 valence electrons. The molecule has 0 fully saturated rings. The summed E-state index contributed by atoms with van der Waals surface area (Å²) < 4.78 is 6.52. The molecule has 0 bridgehead atoms. The fraction of sp³-hybridized carbons (Fsp3) is 0.118. The third-order valence-corrected chi connectivity index (χ3v) is 4.15. The van der Waals surface area contributed by atoms with Gasteiger partial charge >= 0.3 is 0 Å². The number of nitrogens with zero attached hydrogens (tertiary/aromatic N) is 2. The quantitative estimate of drug-likeness (QED) is 0.564. The van der Waals surface area contributed by atoms with Crippen LogP contribution in [0.5, 0.6) is 0 Å². The van der Waals surface area contributed by atoms with Gasteiger partial charge < -0.3 is 14.7 Å². The van der Waals surface area contributed by atoms with Gasteiger partial charge in [0.1, 0.15) is 16.9 Å². The van der Waals surface area contributed by atoms with Crippen molar-refractivity contribution in [1.82, 2.24) is 20.3 Å². The van der Waals surface area contributed by atoms with Crippen molar-refractivity contribution < 1.29 is 4.42 Å². The van der Waals surface area contributed by atoms with E-state index in [1.165, 1.54) is 0 Å². The van der Waals surface area contributed by atoms with Gasteiger partial charge in [0, 0.05) is 22.6 Å². The lowest BCUT2D eigenvalue weighted by atomic mass is 10.2. The number of aromatic amines is 1. The van der Waals surface area contributed by atoms with Crippen molar-refractivity contribution in [2.45, 2.75) is 13.1 Å². The maximum absolute atomic E-state index is 12.2. The molecule has 4 aromatic rings. The van der Waals surface area contributed by atoms with E-state index in [4.69, 9.17) is 4.42 Å². The van der Waals surface area contributed by atoms with Gasteiger partial charge in [-0.15, -0.1) is 0 Å². The number of nitrogens with one attached hydrogen (secondary N) is 2. The van der Waals surface area contributed by atoms with Crippen molar-refractivity contribution in [3.8, 4) is 0 Å². The van der Waals surface area contributed by atoms with Gasteiger partial charge in [-0.2, -0.15) is 0 Å². The Labute approximate surface area is 145 Å². The zero-order chi connectivity index (χ0) is 16.5. The van der Waals surface area contributed by atoms with Gasteiger partial charge in [-0.25, -0.2) is 4.98 Å². The van der Waals surface area contributed by atoms with Crippen LogP contribution in [0.1, 0.15) is 11.5 Å². The average molecular weight is 385 g/mol. The number of halogens is 1. The van der Waals surface area contributed by atoms with E-state index in [-0.39, 0.29) is 11.1 Å². The van der Waals surface area contributed by atoms with Crippen LogP contribution < -0.4 is 10.9 Å². The van der Waals surface area contributed by atoms with E-state index < -0.39 is 0 Å². The third-order valence-electron chi connectivity index (χ3n) is 3.66. The van der Waals surface area contributed by atoms with Gasteiger partial charge in [0.05, 0.1) is 12.2 Å². The fourth-order valence-electron chi connectivity index (χ4n) is 2.57. The molecule has 0 aliphatic carbocycles. The second-order valence-electron chi connectivity index (χ2n) is 5.36. The van der Waals surface area contributed by atoms with E-state index >= 15 is 0 Å². The van der Waals surface area contributed by atoms with Crippen molar-refractivity contribution in [3.05, 3.63) is 68.9 Å². The molecular formula is C17H13BrN4O2. The van der Waals surface area contributed by atoms with Crippen molar-refractivity contribution in [1.29, 1.82) is 0 Å². The summed E-state index contributed by atoms with van der Waals surface area (Å²) >= 11 is 3.43. The molecule has 4 rings (SSSR count). The highest BCUT2D eigenvalue weighted by atomic mass is 79.9. The summed E-state index contributed by atoms with van der Waals surface area (Å²) in [6.45, 7) is 1.03. The SMILES string of the molecule is O=c1[nH]c(CNCc2ccccn2)nc2c1oc1ccc(Br)cc12. The molecule has 0 spiro atoms. The van der Waals surface area contributed by atoms with Crippen LogP contribution in [0.4, 0.5) is 0 Å². The summed E-state index contributed by atoms with van der Waals surface area (Å²) in [5.74, 6) is 0.561. The second kappa shape index (κ2) is 6.18. The van der Waals surface area contributed by atoms with E-state index in [1.807, 2.05) is 36.4 Å². The standard InChI is InChI=1S/C17H13BrN4O2/c18-10-4-5-13-12(7-10)15-16(24-13)17(23)22-14(21-15)9-19-8-11-3-1-2-6-20-11/h1-7,19H,8-9H2,(H,21,22,23). The van der Waals surface area contributed by atoms with Crippen LogP contribution in [0.3, 0.4) is 0 Å². The average Bonchev–Trinajstić information content (AvgIpc) is 2.95. The first kappa shape index (κ1) is 15.0. The predicted octanol–water partition coefficient (Wildman–Crippen LogP) is 3.12. The highest BCUT2D eigenvalue weighted by Gasteiger charge is 2.13. The van der Waals surface area contributed by atoms with Crippen LogP contribution in [-0.4, -0.2) is 15.0 Å². The topological polar surface area (TPSA) is 83.8 Å². The van der Waals surface area contributed by atoms with E-state index in [0.717, 1.165) is 15.6 Å². The number of hydrogen-bond donors (Lipinski definition) is 2. The molecule has 24 heavy (non-hydrogen) atoms. The molecule has 0 radical (unpaired) electrons. The maximum Gasteiger partial charge on any atom is 0.294 e. The minimum Gasteiger partial charge on any atom is -0.449 e. The molecule has 7 heteroatoms. The number of benzene rings is 1. The minimum absolute atomic E-state index is 0.247. The lowest BCUT2D eigenvalue weighted by Crippen LogP contribution is -2.19. The van der Waals surface area contributed by atoms with Crippen molar-refractivity contribution in [2.75, 3.05) is 0 Å². The summed E-state index contributed by atoms with van der Waals surface area (Å²) in [4.78, 5) is 23.8. The number of furan rings is 1. The van der Waals surface area contributed by atoms with E-state index in [2.05, 4.69) is 36.2 Å². The van der Waals surface area contributed by atoms with Crippen LogP contribution in [0.2, 0.25) is 0 Å². The summed E-state index contributed by atoms with van der Waals surface area (Å²) in [5, 5.41) is 4.04. The molecule has 0 saturated heterocycles. The largest absolute Gasteiger partial charge is 0.449 e. The molecule has 0 aliphatic rings. The van der Waals surface area contributed by atoms with Crippen LogP contribution in [0, 0.1) is 0 Å². The van der Waals surface area contributed by atoms with Gasteiger partial charge in [0.25, 0.3) is 5.56 Å². The highest BCUT2D eigenvalue weighted by molar-refractivity contribution is 9.10. The smallest absolute Gasteiger partial charge is 0.294 e. The van der Waals surface area contributed by atoms with E-state index in [1.54, 1.807) is 6.20 Å². The van der Waals surface area contributed by atoms with E-state index in [0.29, 0.717) is 30.0 Å². The minimum atomic E-state index is -0.276. The molecule has 0 unspecified atom stereocenters. The number of pyridine rings is 1. The Morgan fingerprint density at radius 3 is 2.96 bits per heavy atom. The van der Waals surface area contributed by atoms with Crippen molar-refractivity contribution in [3.63, 3.8) is 0 Å². The predicted molar refractivity (Wildman–Crippen MR) is 94.6 cm³/mol. The van der Waals surface area contributed by atoms with Crippen molar-refractivity contribution >= 4 is 38.0 Å². The molecule has 1 aromatic carbocycles. The molecule has 0 aliphatic heterocycles. The number of aromatic nitrogens is 3. The molecule has 0 atom stereocenters. The van der Waals surface area contributed by atoms with Gasteiger partial charge in [-0.1, -0.05) is 22.0 Å². The number of rotatable bonds is 4. The first-order valence-corrected chi connectivity index (χ1v) is 8.21. The first-order chi connectivity index (χ1) is 11.7. The maximum atomic E-state index is 12.2. The normalized spacial score (nSPS) is 11.4. The molecule has 2 N–H and O–H groups in total. The lowest BCUT2D eigenvalue weighted by molar-refractivity contribution is 0.639. The summed E-state index contributed by atoms with van der Waals surface area (Å²) in [5.41, 5.74) is 2.12. The Balaban J connectivity index is 1.65. The van der Waals surface area contributed by atoms with E-state index in [9.17, 15) is 4.79 Å². The fourth-order valence-corrected chi connectivity index (χ4v) is 2.93. The molecular weight excluding hydrogens is 372 g/mol. The highest BCUT2D eigenvalue weighted by Crippen LogP contribution is 2.27. The first-order valence-electron chi connectivity index (χ1n) is 7.42. The monoisotopic (exact) mass is 384 g/mol. The Morgan fingerprint density at radius 2 is 2.12 bits per heavy atom. The summed E-state index contributed by atoms with van der Waals surface area (Å²) in [6, 6.07) is 11.3. The Morgan fingerprint density at radius 1 is 1.21 bits per heavy atom. The number of hydrogen-bond acceptors (Lipinski definition) is 5. The van der Waals surface area contributed by atoms with Crippen LogP contribution in [0.25, 0.3) is 22.1 Å². The van der Waals surface area contributed by atoms with Gasteiger partial charge in [-0.3, -0.25) is 9.78 Å².